The van der Waals surface area contributed by atoms with Gasteiger partial charge in [-0.25, -0.2) is 4.79 Å². The minimum Gasteiger partial charge on any atom is -0.451 e. The molecule has 3 rings (SSSR count). The van der Waals surface area contributed by atoms with Crippen molar-refractivity contribution in [2.24, 2.45) is 0 Å². The summed E-state index contributed by atoms with van der Waals surface area (Å²) in [5, 5.41) is 11.3. The Labute approximate surface area is 173 Å². The normalized spacial score (nSPS) is 16.9. The van der Waals surface area contributed by atoms with Crippen molar-refractivity contribution >= 4 is 29.2 Å². The summed E-state index contributed by atoms with van der Waals surface area (Å²) in [5.74, 6) is -0.911. The molecule has 0 amide bonds. The van der Waals surface area contributed by atoms with Crippen LogP contribution in [0.3, 0.4) is 0 Å². The highest BCUT2D eigenvalue weighted by molar-refractivity contribution is 7.99. The van der Waals surface area contributed by atoms with Crippen LogP contribution in [0, 0.1) is 10.1 Å². The third kappa shape index (κ3) is 4.99. The number of carbonyl (C=O) groups excluding carboxylic acids is 2. The Balaban J connectivity index is 1.88. The molecule has 1 saturated carbocycles. The molecule has 0 N–H and O–H groups in total. The van der Waals surface area contributed by atoms with E-state index in [1.54, 1.807) is 12.1 Å². The minimum absolute atomic E-state index is 0.0537. The highest BCUT2D eigenvalue weighted by atomic mass is 32.2. The lowest BCUT2D eigenvalue weighted by Crippen LogP contribution is -2.30. The number of Topliss-reactive ketones (excluding diaryl/α,β-unsaturated/α-hetero) is 1. The fourth-order valence-corrected chi connectivity index (χ4v) is 4.05. The van der Waals surface area contributed by atoms with Crippen molar-refractivity contribution in [3.8, 4) is 0 Å². The lowest BCUT2D eigenvalue weighted by atomic mass is 9.96. The third-order valence-electron chi connectivity index (χ3n) is 4.56. The molecule has 6 nitrogen and oxygen atoms in total. The number of rotatable bonds is 5. The van der Waals surface area contributed by atoms with E-state index in [2.05, 4.69) is 0 Å². The number of hydrogen-bond donors (Lipinski definition) is 0. The molecule has 2 aromatic carbocycles. The van der Waals surface area contributed by atoms with Gasteiger partial charge in [-0.15, -0.1) is 0 Å². The first-order valence-corrected chi connectivity index (χ1v) is 9.84. The summed E-state index contributed by atoms with van der Waals surface area (Å²) >= 11 is 0.785. The molecule has 1 aliphatic rings. The molecule has 0 saturated heterocycles. The van der Waals surface area contributed by atoms with E-state index in [1.165, 1.54) is 12.1 Å². The van der Waals surface area contributed by atoms with Gasteiger partial charge < -0.3 is 4.74 Å². The molecule has 0 aliphatic heterocycles. The van der Waals surface area contributed by atoms with Crippen LogP contribution in [0.4, 0.5) is 18.9 Å². The van der Waals surface area contributed by atoms with E-state index in [1.807, 2.05) is 0 Å². The van der Waals surface area contributed by atoms with Crippen LogP contribution in [0.1, 0.15) is 41.6 Å². The number of esters is 1. The zero-order valence-corrected chi connectivity index (χ0v) is 16.3. The molecule has 1 atom stereocenters. The molecule has 1 unspecified atom stereocenters. The number of nitro benzene ring substituents is 1. The van der Waals surface area contributed by atoms with E-state index >= 15 is 0 Å². The highest BCUT2D eigenvalue weighted by Gasteiger charge is 2.33. The summed E-state index contributed by atoms with van der Waals surface area (Å²) in [6.45, 7) is 0. The number of alkyl halides is 3. The molecule has 2 aromatic rings. The van der Waals surface area contributed by atoms with Crippen LogP contribution in [0.5, 0.6) is 0 Å². The number of nitro groups is 1. The highest BCUT2D eigenvalue weighted by Crippen LogP contribution is 2.40. The Kier molecular flexibility index (Phi) is 6.45. The van der Waals surface area contributed by atoms with Gasteiger partial charge >= 0.3 is 12.1 Å². The molecule has 0 spiro atoms. The van der Waals surface area contributed by atoms with E-state index in [4.69, 9.17) is 4.74 Å². The van der Waals surface area contributed by atoms with Gasteiger partial charge in [-0.1, -0.05) is 23.9 Å². The summed E-state index contributed by atoms with van der Waals surface area (Å²) in [4.78, 5) is 35.1. The monoisotopic (exact) mass is 439 g/mol. The topological polar surface area (TPSA) is 86.5 Å². The Morgan fingerprint density at radius 3 is 2.53 bits per heavy atom. The molecule has 1 aliphatic carbocycles. The van der Waals surface area contributed by atoms with Gasteiger partial charge in [0.2, 0.25) is 0 Å². The molecule has 0 aromatic heterocycles. The van der Waals surface area contributed by atoms with Crippen LogP contribution >= 0.6 is 11.8 Å². The Morgan fingerprint density at radius 2 is 1.87 bits per heavy atom. The maximum atomic E-state index is 12.9. The zero-order valence-electron chi connectivity index (χ0n) is 15.5. The number of hydrogen-bond acceptors (Lipinski definition) is 6. The predicted octanol–water partition coefficient (Wildman–Crippen LogP) is 5.43. The summed E-state index contributed by atoms with van der Waals surface area (Å²) in [5.41, 5.74) is -1.78. The number of benzene rings is 2. The van der Waals surface area contributed by atoms with Gasteiger partial charge in [0.25, 0.3) is 5.69 Å². The number of ether oxygens (including phenoxy) is 1. The fourth-order valence-electron chi connectivity index (χ4n) is 3.03. The average Bonchev–Trinajstić information content (AvgIpc) is 2.69. The Hall–Kier alpha value is -2.88. The predicted molar refractivity (Wildman–Crippen MR) is 101 cm³/mol. The fraction of sp³-hybridized carbons (Fsp3) is 0.300. The van der Waals surface area contributed by atoms with Crippen molar-refractivity contribution in [2.45, 2.75) is 47.8 Å². The first-order chi connectivity index (χ1) is 14.2. The van der Waals surface area contributed by atoms with Gasteiger partial charge in [-0.3, -0.25) is 14.9 Å². The molecule has 0 radical (unpaired) electrons. The van der Waals surface area contributed by atoms with E-state index in [9.17, 15) is 32.9 Å². The number of carbonyl (C=O) groups is 2. The molecule has 10 heteroatoms. The molecule has 1 fully saturated rings. The molecule has 30 heavy (non-hydrogen) atoms. The second-order valence-electron chi connectivity index (χ2n) is 6.64. The van der Waals surface area contributed by atoms with Crippen molar-refractivity contribution in [3.05, 3.63) is 63.7 Å². The molecule has 158 valence electrons. The smallest absolute Gasteiger partial charge is 0.416 e. The summed E-state index contributed by atoms with van der Waals surface area (Å²) in [6, 6.07) is 8.30. The van der Waals surface area contributed by atoms with Gasteiger partial charge in [0.1, 0.15) is 0 Å². The lowest BCUT2D eigenvalue weighted by Gasteiger charge is -2.21. The van der Waals surface area contributed by atoms with Crippen LogP contribution in [0.2, 0.25) is 0 Å². The second-order valence-corrected chi connectivity index (χ2v) is 7.73. The van der Waals surface area contributed by atoms with E-state index in [0.29, 0.717) is 18.9 Å². The van der Waals surface area contributed by atoms with Crippen molar-refractivity contribution in [2.75, 3.05) is 0 Å². The summed E-state index contributed by atoms with van der Waals surface area (Å²) < 4.78 is 44.0. The first kappa shape index (κ1) is 21.8. The van der Waals surface area contributed by atoms with Crippen LogP contribution in [-0.2, 0) is 15.7 Å². The zero-order chi connectivity index (χ0) is 21.9. The van der Waals surface area contributed by atoms with Gasteiger partial charge in [0.15, 0.2) is 11.9 Å². The minimum atomic E-state index is -4.72. The molecular formula is C20H16F3NO5S. The van der Waals surface area contributed by atoms with Crippen LogP contribution < -0.4 is 0 Å². The van der Waals surface area contributed by atoms with Crippen LogP contribution in [0.15, 0.2) is 52.3 Å². The Bertz CT molecular complexity index is 993. The quantitative estimate of drug-likeness (QED) is 0.351. The third-order valence-corrected chi connectivity index (χ3v) is 5.70. The Morgan fingerprint density at radius 1 is 1.13 bits per heavy atom. The van der Waals surface area contributed by atoms with Crippen molar-refractivity contribution in [1.29, 1.82) is 0 Å². The van der Waals surface area contributed by atoms with Crippen molar-refractivity contribution in [3.63, 3.8) is 0 Å². The van der Waals surface area contributed by atoms with Gasteiger partial charge in [0.05, 0.1) is 20.9 Å². The number of ketones is 1. The second kappa shape index (κ2) is 8.86. The van der Waals surface area contributed by atoms with E-state index in [0.717, 1.165) is 36.7 Å². The van der Waals surface area contributed by atoms with E-state index < -0.39 is 34.4 Å². The molecule has 0 heterocycles. The van der Waals surface area contributed by atoms with Crippen molar-refractivity contribution in [1.82, 2.24) is 0 Å². The number of nitrogens with zero attached hydrogens (tertiary/aromatic N) is 1. The van der Waals surface area contributed by atoms with E-state index in [-0.39, 0.29) is 21.1 Å². The van der Waals surface area contributed by atoms with Gasteiger partial charge in [-0.05, 0) is 43.5 Å². The SMILES string of the molecule is O=C(OC1CCCCC1=O)c1ccccc1Sc1ccc(C(F)(F)F)cc1[N+](=O)[O-]. The maximum Gasteiger partial charge on any atom is 0.416 e. The number of halogens is 3. The van der Waals surface area contributed by atoms with Gasteiger partial charge in [0, 0.05) is 17.4 Å². The average molecular weight is 439 g/mol. The summed E-state index contributed by atoms with van der Waals surface area (Å²) in [6.07, 6.45) is -3.27. The summed E-state index contributed by atoms with van der Waals surface area (Å²) in [7, 11) is 0. The van der Waals surface area contributed by atoms with Gasteiger partial charge in [-0.2, -0.15) is 13.2 Å². The first-order valence-electron chi connectivity index (χ1n) is 9.03. The molecule has 0 bridgehead atoms. The maximum absolute atomic E-state index is 12.9. The standard InChI is InChI=1S/C20H16F3NO5S/c21-20(22,23)12-9-10-18(14(11-12)24(27)28)30-17-8-4-1-5-13(17)19(26)29-16-7-3-2-6-15(16)25/h1,4-5,8-11,16H,2-3,6-7H2. The molecular weight excluding hydrogens is 423 g/mol. The lowest BCUT2D eigenvalue weighted by molar-refractivity contribution is -0.388. The van der Waals surface area contributed by atoms with Crippen LogP contribution in [0.25, 0.3) is 0 Å². The van der Waals surface area contributed by atoms with Crippen molar-refractivity contribution < 1.29 is 32.4 Å². The van der Waals surface area contributed by atoms with Crippen LogP contribution in [-0.4, -0.2) is 22.8 Å². The largest absolute Gasteiger partial charge is 0.451 e.